The number of nitrogens with zero attached hydrogens (tertiary/aromatic N) is 5. The lowest BCUT2D eigenvalue weighted by Crippen LogP contribution is -2.48. The zero-order valence-electron chi connectivity index (χ0n) is 21.1. The predicted molar refractivity (Wildman–Crippen MR) is 141 cm³/mol. The molecule has 3 heterocycles. The van der Waals surface area contributed by atoms with Crippen molar-refractivity contribution in [3.05, 3.63) is 65.1 Å². The Morgan fingerprint density at radius 3 is 2.59 bits per heavy atom. The van der Waals surface area contributed by atoms with E-state index in [0.29, 0.717) is 47.5 Å². The Labute approximate surface area is 214 Å². The van der Waals surface area contributed by atoms with Gasteiger partial charge in [0.1, 0.15) is 17.3 Å². The summed E-state index contributed by atoms with van der Waals surface area (Å²) in [7, 11) is 1.82. The predicted octanol–water partition coefficient (Wildman–Crippen LogP) is 4.00. The largest absolute Gasteiger partial charge is 0.353 e. The molecule has 188 valence electrons. The number of H-pyrrole nitrogens is 1. The van der Waals surface area contributed by atoms with E-state index in [9.17, 15) is 10.1 Å². The molecule has 1 aliphatic heterocycles. The highest BCUT2D eigenvalue weighted by Gasteiger charge is 2.21. The van der Waals surface area contributed by atoms with E-state index in [0.717, 1.165) is 41.0 Å². The molecule has 0 radical (unpaired) electrons. The Morgan fingerprint density at radius 1 is 1.19 bits per heavy atom. The Bertz CT molecular complexity index is 1490. The molecule has 2 N–H and O–H groups in total. The second kappa shape index (κ2) is 9.99. The molecule has 4 aromatic rings. The van der Waals surface area contributed by atoms with E-state index in [2.05, 4.69) is 31.5 Å². The normalized spacial score (nSPS) is 13.7. The molecule has 0 saturated carbocycles. The number of halogens is 1. The van der Waals surface area contributed by atoms with Gasteiger partial charge >= 0.3 is 0 Å². The lowest BCUT2D eigenvalue weighted by molar-refractivity contribution is -0.129. The van der Waals surface area contributed by atoms with Crippen molar-refractivity contribution < 1.29 is 9.18 Å². The number of rotatable bonds is 5. The summed E-state index contributed by atoms with van der Waals surface area (Å²) in [4.78, 5) is 20.3. The molecule has 5 rings (SSSR count). The summed E-state index contributed by atoms with van der Waals surface area (Å²) in [6, 6.07) is 13.1. The Hall–Kier alpha value is -4.29. The first kappa shape index (κ1) is 24.4. The van der Waals surface area contributed by atoms with Crippen molar-refractivity contribution in [2.24, 2.45) is 0 Å². The summed E-state index contributed by atoms with van der Waals surface area (Å²) in [6.07, 6.45) is 1.78. The number of nitrogens with one attached hydrogen (secondary N) is 2. The molecule has 0 atom stereocenters. The zero-order valence-corrected chi connectivity index (χ0v) is 21.1. The van der Waals surface area contributed by atoms with E-state index in [-0.39, 0.29) is 11.7 Å². The number of anilines is 1. The average molecular weight is 498 g/mol. The van der Waals surface area contributed by atoms with Crippen LogP contribution < -0.4 is 10.2 Å². The second-order valence-electron chi connectivity index (χ2n) is 9.33. The molecule has 1 saturated heterocycles. The lowest BCUT2D eigenvalue weighted by atomic mass is 9.92. The number of amides is 1. The maximum Gasteiger partial charge on any atom is 0.219 e. The maximum absolute atomic E-state index is 15.3. The molecular weight excluding hydrogens is 469 g/mol. The van der Waals surface area contributed by atoms with Crippen molar-refractivity contribution in [1.82, 2.24) is 25.4 Å². The third-order valence-electron chi connectivity index (χ3n) is 6.89. The number of aromatic amines is 1. The first-order valence-corrected chi connectivity index (χ1v) is 12.2. The van der Waals surface area contributed by atoms with Gasteiger partial charge in [0.25, 0.3) is 0 Å². The van der Waals surface area contributed by atoms with Crippen LogP contribution in [0.25, 0.3) is 33.3 Å². The first-order valence-electron chi connectivity index (χ1n) is 12.2. The summed E-state index contributed by atoms with van der Waals surface area (Å²) in [6.45, 7) is 6.83. The third-order valence-corrected chi connectivity index (χ3v) is 6.89. The lowest BCUT2D eigenvalue weighted by Gasteiger charge is -2.34. The standard InChI is InChI=1S/C28H28FN7O/c1-17-10-19(15-31-3)11-24(29)27(17)22-13-23-25(12-21(22)14-30)33-34-28(23)20-4-5-26(32-16-20)36-8-6-35(7-9-36)18(2)37/h4-5,10-13,16,31H,6-9,15H2,1-3H3,(H,33,34). The van der Waals surface area contributed by atoms with Crippen LogP contribution in [0, 0.1) is 24.1 Å². The molecule has 2 aromatic heterocycles. The van der Waals surface area contributed by atoms with E-state index in [1.807, 2.05) is 43.1 Å². The van der Waals surface area contributed by atoms with Crippen LogP contribution in [0.2, 0.25) is 0 Å². The fourth-order valence-electron chi connectivity index (χ4n) is 5.01. The number of carbonyl (C=O) groups is 1. The van der Waals surface area contributed by atoms with Gasteiger partial charge in [0.15, 0.2) is 0 Å². The van der Waals surface area contributed by atoms with E-state index in [4.69, 9.17) is 0 Å². The summed E-state index contributed by atoms with van der Waals surface area (Å²) >= 11 is 0. The van der Waals surface area contributed by atoms with Gasteiger partial charge in [-0.1, -0.05) is 6.07 Å². The molecule has 1 fully saturated rings. The van der Waals surface area contributed by atoms with Gasteiger partial charge in [-0.25, -0.2) is 9.37 Å². The van der Waals surface area contributed by atoms with Crippen molar-refractivity contribution in [3.8, 4) is 28.5 Å². The Kier molecular flexibility index (Phi) is 6.59. The molecule has 9 heteroatoms. The summed E-state index contributed by atoms with van der Waals surface area (Å²) < 4.78 is 15.3. The Morgan fingerprint density at radius 2 is 1.97 bits per heavy atom. The molecule has 1 aliphatic rings. The topological polar surface area (TPSA) is 101 Å². The number of pyridine rings is 1. The van der Waals surface area contributed by atoms with Crippen LogP contribution >= 0.6 is 0 Å². The highest BCUT2D eigenvalue weighted by atomic mass is 19.1. The van der Waals surface area contributed by atoms with Crippen molar-refractivity contribution >= 4 is 22.6 Å². The molecule has 2 aromatic carbocycles. The molecule has 0 aliphatic carbocycles. The van der Waals surface area contributed by atoms with Gasteiger partial charge in [-0.15, -0.1) is 0 Å². The van der Waals surface area contributed by atoms with Crippen LogP contribution in [-0.4, -0.2) is 59.2 Å². The summed E-state index contributed by atoms with van der Waals surface area (Å²) in [5.41, 5.74) is 5.15. The van der Waals surface area contributed by atoms with Crippen molar-refractivity contribution in [2.75, 3.05) is 38.1 Å². The number of hydrogen-bond donors (Lipinski definition) is 2. The number of aryl methyl sites for hydroxylation is 1. The molecule has 0 spiro atoms. The average Bonchev–Trinajstić information content (AvgIpc) is 3.31. The SMILES string of the molecule is CNCc1cc(C)c(-c2cc3c(-c4ccc(N5CCN(C(C)=O)CC5)nc4)n[nH]c3cc2C#N)c(F)c1. The number of benzene rings is 2. The molecule has 37 heavy (non-hydrogen) atoms. The van der Waals surface area contributed by atoms with Crippen molar-refractivity contribution in [3.63, 3.8) is 0 Å². The van der Waals surface area contributed by atoms with Crippen LogP contribution in [0.15, 0.2) is 42.6 Å². The number of aromatic nitrogens is 3. The third kappa shape index (κ3) is 4.63. The smallest absolute Gasteiger partial charge is 0.219 e. The number of hydrogen-bond acceptors (Lipinski definition) is 6. The number of fused-ring (bicyclic) bond motifs is 1. The number of piperazine rings is 1. The Balaban J connectivity index is 1.50. The first-order chi connectivity index (χ1) is 17.9. The summed E-state index contributed by atoms with van der Waals surface area (Å²) in [5.74, 6) is 0.580. The second-order valence-corrected chi connectivity index (χ2v) is 9.33. The van der Waals surface area contributed by atoms with E-state index in [1.54, 1.807) is 19.2 Å². The highest BCUT2D eigenvalue weighted by Crippen LogP contribution is 2.36. The van der Waals surface area contributed by atoms with Crippen LogP contribution in [0.4, 0.5) is 10.2 Å². The fraction of sp³-hybridized carbons (Fsp3) is 0.286. The molecule has 8 nitrogen and oxygen atoms in total. The van der Waals surface area contributed by atoms with Gasteiger partial charge < -0.3 is 15.1 Å². The van der Waals surface area contributed by atoms with E-state index >= 15 is 4.39 Å². The fourth-order valence-corrected chi connectivity index (χ4v) is 5.01. The van der Waals surface area contributed by atoms with E-state index < -0.39 is 0 Å². The van der Waals surface area contributed by atoms with Gasteiger partial charge in [0.05, 0.1) is 17.1 Å². The van der Waals surface area contributed by atoms with Gasteiger partial charge in [-0.2, -0.15) is 10.4 Å². The number of nitriles is 1. The monoisotopic (exact) mass is 497 g/mol. The van der Waals surface area contributed by atoms with Gasteiger partial charge in [-0.05, 0) is 55.4 Å². The minimum Gasteiger partial charge on any atom is -0.353 e. The number of carbonyl (C=O) groups excluding carboxylic acids is 1. The zero-order chi connectivity index (χ0) is 26.1. The molecule has 0 bridgehead atoms. The van der Waals surface area contributed by atoms with Gasteiger partial charge in [-0.3, -0.25) is 9.89 Å². The molecule has 0 unspecified atom stereocenters. The van der Waals surface area contributed by atoms with Crippen LogP contribution in [0.3, 0.4) is 0 Å². The summed E-state index contributed by atoms with van der Waals surface area (Å²) in [5, 5.41) is 21.2. The highest BCUT2D eigenvalue weighted by molar-refractivity contribution is 5.97. The van der Waals surface area contributed by atoms with Gasteiger partial charge in [0, 0.05) is 67.9 Å². The minimum atomic E-state index is -0.359. The maximum atomic E-state index is 15.3. The van der Waals surface area contributed by atoms with Crippen molar-refractivity contribution in [2.45, 2.75) is 20.4 Å². The van der Waals surface area contributed by atoms with Crippen LogP contribution in [0.1, 0.15) is 23.6 Å². The molecule has 1 amide bonds. The quantitative estimate of drug-likeness (QED) is 0.432. The van der Waals surface area contributed by atoms with Crippen LogP contribution in [-0.2, 0) is 11.3 Å². The van der Waals surface area contributed by atoms with Crippen molar-refractivity contribution in [1.29, 1.82) is 5.26 Å². The minimum absolute atomic E-state index is 0.0938. The van der Waals surface area contributed by atoms with Gasteiger partial charge in [0.2, 0.25) is 5.91 Å². The molecular formula is C28H28FN7O. The van der Waals surface area contributed by atoms with Crippen LogP contribution in [0.5, 0.6) is 0 Å². The van der Waals surface area contributed by atoms with E-state index in [1.165, 1.54) is 6.07 Å².